The van der Waals surface area contributed by atoms with Crippen LogP contribution in [0.3, 0.4) is 0 Å². The standard InChI is InChI=1S/C23H34FN3O5S/c1-22(2,3)16-32-19-15-17(7-8-18(19)24)23(10-11-23)26-33(30,31)14-6-4-5-12-27-13-9-20(28)25-21(27)29/h7-8,15,26H,4-6,9-14,16H2,1-3H3,(H,25,28,29). The zero-order chi connectivity index (χ0) is 24.3. The molecule has 0 bridgehead atoms. The van der Waals surface area contributed by atoms with Gasteiger partial charge in [-0.05, 0) is 48.8 Å². The number of hydrogen-bond acceptors (Lipinski definition) is 5. The van der Waals surface area contributed by atoms with Gasteiger partial charge in [-0.2, -0.15) is 0 Å². The summed E-state index contributed by atoms with van der Waals surface area (Å²) in [7, 11) is -3.53. The minimum atomic E-state index is -3.53. The Labute approximate surface area is 195 Å². The van der Waals surface area contributed by atoms with Crippen molar-refractivity contribution in [2.24, 2.45) is 5.41 Å². The third-order valence-corrected chi connectivity index (χ3v) is 7.26. The number of nitrogens with zero attached hydrogens (tertiary/aromatic N) is 1. The van der Waals surface area contributed by atoms with Crippen molar-refractivity contribution in [1.82, 2.24) is 14.9 Å². The zero-order valence-electron chi connectivity index (χ0n) is 19.6. The lowest BCUT2D eigenvalue weighted by Gasteiger charge is -2.26. The Hall–Kier alpha value is -2.20. The van der Waals surface area contributed by atoms with Crippen LogP contribution in [0.15, 0.2) is 18.2 Å². The number of benzene rings is 1. The maximum absolute atomic E-state index is 14.2. The van der Waals surface area contributed by atoms with Crippen LogP contribution < -0.4 is 14.8 Å². The van der Waals surface area contributed by atoms with Crippen LogP contribution in [-0.4, -0.2) is 50.7 Å². The average Bonchev–Trinajstić information content (AvgIpc) is 3.47. The van der Waals surface area contributed by atoms with Crippen molar-refractivity contribution < 1.29 is 27.1 Å². The van der Waals surface area contributed by atoms with Crippen molar-refractivity contribution in [2.75, 3.05) is 25.4 Å². The van der Waals surface area contributed by atoms with Gasteiger partial charge >= 0.3 is 6.03 Å². The van der Waals surface area contributed by atoms with Crippen LogP contribution in [0.1, 0.15) is 64.9 Å². The summed E-state index contributed by atoms with van der Waals surface area (Å²) in [5, 5.41) is 2.28. The lowest BCUT2D eigenvalue weighted by Crippen LogP contribution is -2.49. The van der Waals surface area contributed by atoms with E-state index in [0.29, 0.717) is 63.8 Å². The number of rotatable bonds is 11. The minimum absolute atomic E-state index is 0.0198. The summed E-state index contributed by atoms with van der Waals surface area (Å²) in [6, 6.07) is 4.15. The number of sulfonamides is 1. The first kappa shape index (κ1) is 25.4. The number of amides is 3. The summed E-state index contributed by atoms with van der Waals surface area (Å²) >= 11 is 0. The Morgan fingerprint density at radius 1 is 1.18 bits per heavy atom. The molecule has 1 saturated carbocycles. The van der Waals surface area contributed by atoms with E-state index in [2.05, 4.69) is 10.0 Å². The molecule has 1 aromatic rings. The van der Waals surface area contributed by atoms with Crippen LogP contribution in [0.5, 0.6) is 5.75 Å². The second kappa shape index (κ2) is 9.97. The third kappa shape index (κ3) is 7.40. The fourth-order valence-corrected chi connectivity index (χ4v) is 5.32. The molecule has 1 aliphatic carbocycles. The highest BCUT2D eigenvalue weighted by atomic mass is 32.2. The molecule has 8 nitrogen and oxygen atoms in total. The maximum atomic E-state index is 14.2. The number of ether oxygens (including phenoxy) is 1. The van der Waals surface area contributed by atoms with E-state index in [0.717, 1.165) is 0 Å². The highest BCUT2D eigenvalue weighted by molar-refractivity contribution is 7.89. The molecule has 0 spiro atoms. The van der Waals surface area contributed by atoms with Gasteiger partial charge in [0.1, 0.15) is 0 Å². The van der Waals surface area contributed by atoms with Crippen molar-refractivity contribution >= 4 is 22.0 Å². The van der Waals surface area contributed by atoms with Crippen molar-refractivity contribution in [3.63, 3.8) is 0 Å². The Morgan fingerprint density at radius 3 is 2.55 bits per heavy atom. The highest BCUT2D eigenvalue weighted by Gasteiger charge is 2.47. The van der Waals surface area contributed by atoms with Gasteiger partial charge in [-0.25, -0.2) is 22.3 Å². The maximum Gasteiger partial charge on any atom is 0.324 e. The van der Waals surface area contributed by atoms with Gasteiger partial charge < -0.3 is 9.64 Å². The largest absolute Gasteiger partial charge is 0.490 e. The fourth-order valence-electron chi connectivity index (χ4n) is 3.71. The summed E-state index contributed by atoms with van der Waals surface area (Å²) in [5.41, 5.74) is -0.122. The topological polar surface area (TPSA) is 105 Å². The molecule has 0 radical (unpaired) electrons. The summed E-state index contributed by atoms with van der Waals surface area (Å²) in [6.45, 7) is 7.21. The van der Waals surface area contributed by atoms with Gasteiger partial charge in [0, 0.05) is 19.5 Å². The van der Waals surface area contributed by atoms with Crippen LogP contribution in [0.4, 0.5) is 9.18 Å². The smallest absolute Gasteiger partial charge is 0.324 e. The molecule has 1 heterocycles. The molecule has 3 rings (SSSR count). The lowest BCUT2D eigenvalue weighted by atomic mass is 9.98. The van der Waals surface area contributed by atoms with E-state index < -0.39 is 21.4 Å². The summed E-state index contributed by atoms with van der Waals surface area (Å²) < 4.78 is 48.0. The van der Waals surface area contributed by atoms with Gasteiger partial charge in [0.25, 0.3) is 0 Å². The van der Waals surface area contributed by atoms with Crippen LogP contribution in [0.2, 0.25) is 0 Å². The van der Waals surface area contributed by atoms with Crippen molar-refractivity contribution in [3.8, 4) is 5.75 Å². The molecule has 2 fully saturated rings. The molecule has 1 aromatic carbocycles. The van der Waals surface area contributed by atoms with E-state index in [9.17, 15) is 22.4 Å². The van der Waals surface area contributed by atoms with Gasteiger partial charge in [-0.15, -0.1) is 0 Å². The van der Waals surface area contributed by atoms with Crippen LogP contribution in [-0.2, 0) is 20.4 Å². The van der Waals surface area contributed by atoms with Gasteiger partial charge in [-0.3, -0.25) is 10.1 Å². The van der Waals surface area contributed by atoms with Gasteiger partial charge in [-0.1, -0.05) is 33.3 Å². The molecule has 2 N–H and O–H groups in total. The molecule has 2 aliphatic rings. The van der Waals surface area contributed by atoms with E-state index >= 15 is 0 Å². The van der Waals surface area contributed by atoms with Crippen LogP contribution in [0.25, 0.3) is 0 Å². The zero-order valence-corrected chi connectivity index (χ0v) is 20.4. The molecule has 0 unspecified atom stereocenters. The molecule has 0 aromatic heterocycles. The number of carbonyl (C=O) groups excluding carboxylic acids is 2. The first-order chi connectivity index (χ1) is 15.4. The Morgan fingerprint density at radius 2 is 1.91 bits per heavy atom. The minimum Gasteiger partial charge on any atom is -0.490 e. The monoisotopic (exact) mass is 483 g/mol. The van der Waals surface area contributed by atoms with Crippen molar-refractivity contribution in [3.05, 3.63) is 29.6 Å². The van der Waals surface area contributed by atoms with Crippen molar-refractivity contribution in [1.29, 1.82) is 0 Å². The van der Waals surface area contributed by atoms with Gasteiger partial charge in [0.15, 0.2) is 11.6 Å². The second-order valence-corrected chi connectivity index (χ2v) is 12.0. The summed E-state index contributed by atoms with van der Waals surface area (Å²) in [6.07, 6.45) is 3.36. The molecular weight excluding hydrogens is 449 g/mol. The van der Waals surface area contributed by atoms with E-state index in [1.165, 1.54) is 6.07 Å². The predicted molar refractivity (Wildman–Crippen MR) is 123 cm³/mol. The summed E-state index contributed by atoms with van der Waals surface area (Å²) in [4.78, 5) is 24.5. The number of hydrogen-bond donors (Lipinski definition) is 2. The van der Waals surface area contributed by atoms with E-state index in [1.54, 1.807) is 17.0 Å². The van der Waals surface area contributed by atoms with Crippen molar-refractivity contribution in [2.45, 2.75) is 64.8 Å². The molecule has 0 atom stereocenters. The molecule has 3 amide bonds. The lowest BCUT2D eigenvalue weighted by molar-refractivity contribution is -0.121. The Bertz CT molecular complexity index is 986. The molecule has 1 aliphatic heterocycles. The van der Waals surface area contributed by atoms with E-state index in [1.807, 2.05) is 20.8 Å². The normalized spacial score (nSPS) is 18.2. The number of carbonyl (C=O) groups is 2. The average molecular weight is 484 g/mol. The molecular formula is C23H34FN3O5S. The number of urea groups is 1. The van der Waals surface area contributed by atoms with Crippen LogP contribution in [0, 0.1) is 11.2 Å². The SMILES string of the molecule is CC(C)(C)COc1cc(C2(NS(=O)(=O)CCCCCN3CCC(=O)NC3=O)CC2)ccc1F. The van der Waals surface area contributed by atoms with Crippen LogP contribution >= 0.6 is 0 Å². The first-order valence-electron chi connectivity index (χ1n) is 11.4. The quantitative estimate of drug-likeness (QED) is 0.470. The number of nitrogens with one attached hydrogen (secondary N) is 2. The first-order valence-corrected chi connectivity index (χ1v) is 13.1. The Balaban J connectivity index is 1.49. The predicted octanol–water partition coefficient (Wildman–Crippen LogP) is 3.27. The van der Waals surface area contributed by atoms with Gasteiger partial charge in [0.2, 0.25) is 15.9 Å². The number of imide groups is 1. The number of unbranched alkanes of at least 4 members (excludes halogenated alkanes) is 2. The highest BCUT2D eigenvalue weighted by Crippen LogP contribution is 2.47. The summed E-state index contributed by atoms with van der Waals surface area (Å²) in [5.74, 6) is -0.616. The van der Waals surface area contributed by atoms with E-state index in [4.69, 9.17) is 4.74 Å². The molecule has 184 valence electrons. The molecule has 1 saturated heterocycles. The Kier molecular flexibility index (Phi) is 7.68. The third-order valence-electron chi connectivity index (χ3n) is 5.73. The second-order valence-electron chi connectivity index (χ2n) is 10.1. The number of halogens is 1. The molecule has 10 heteroatoms. The fraction of sp³-hybridized carbons (Fsp3) is 0.652. The van der Waals surface area contributed by atoms with E-state index in [-0.39, 0.29) is 28.9 Å². The molecule has 33 heavy (non-hydrogen) atoms. The van der Waals surface area contributed by atoms with Gasteiger partial charge in [0.05, 0.1) is 17.9 Å².